The van der Waals surface area contributed by atoms with Crippen LogP contribution in [0.15, 0.2) is 23.3 Å². The smallest absolute Gasteiger partial charge is 0.342 e. The third-order valence-electron chi connectivity index (χ3n) is 9.33. The summed E-state index contributed by atoms with van der Waals surface area (Å²) in [7, 11) is 1.68. The van der Waals surface area contributed by atoms with E-state index in [1.54, 1.807) is 7.11 Å². The van der Waals surface area contributed by atoms with Crippen LogP contribution < -0.4 is 4.74 Å². The third kappa shape index (κ3) is 3.96. The lowest BCUT2D eigenvalue weighted by Gasteiger charge is -2.60. The standard InChI is InChI=1S/C28H40O5/c1-17-14-20(31-7)15-19(25(17)30)16-28(6)18(2)12-13-27(5)22-9-11-24(29)32-33-26(3,4)21(22)8-10-23(27)28/h14-15,18,23,30H,8-13,16H2,1-7H3/t18-,23-,27-,28-/m0/s1. The summed E-state index contributed by atoms with van der Waals surface area (Å²) < 4.78 is 5.52. The van der Waals surface area contributed by atoms with Crippen LogP contribution in [0.3, 0.4) is 0 Å². The Morgan fingerprint density at radius 1 is 1.09 bits per heavy atom. The fourth-order valence-electron chi connectivity index (χ4n) is 7.23. The van der Waals surface area contributed by atoms with E-state index in [1.165, 1.54) is 11.1 Å². The van der Waals surface area contributed by atoms with Gasteiger partial charge in [0.05, 0.1) is 13.5 Å². The maximum Gasteiger partial charge on any atom is 0.342 e. The highest BCUT2D eigenvalue weighted by atomic mass is 17.2. The van der Waals surface area contributed by atoms with Crippen molar-refractivity contribution in [1.82, 2.24) is 0 Å². The fourth-order valence-corrected chi connectivity index (χ4v) is 7.23. The number of phenolic OH excluding ortho intramolecular Hbond substituents is 1. The van der Waals surface area contributed by atoms with Crippen LogP contribution in [0.5, 0.6) is 11.5 Å². The van der Waals surface area contributed by atoms with Crippen molar-refractivity contribution in [2.24, 2.45) is 22.7 Å². The number of hydrogen-bond acceptors (Lipinski definition) is 5. The van der Waals surface area contributed by atoms with Crippen molar-refractivity contribution in [3.8, 4) is 11.5 Å². The molecule has 0 spiro atoms. The Hall–Kier alpha value is -2.01. The molecule has 0 bridgehead atoms. The molecule has 3 aliphatic rings. The second kappa shape index (κ2) is 8.33. The Morgan fingerprint density at radius 3 is 2.52 bits per heavy atom. The highest BCUT2D eigenvalue weighted by Gasteiger charge is 2.56. The molecule has 1 fully saturated rings. The first kappa shape index (κ1) is 24.1. The van der Waals surface area contributed by atoms with Crippen LogP contribution in [0.4, 0.5) is 0 Å². The van der Waals surface area contributed by atoms with Gasteiger partial charge in [-0.2, -0.15) is 4.89 Å². The number of aromatic hydroxyl groups is 1. The Labute approximate surface area is 198 Å². The third-order valence-corrected chi connectivity index (χ3v) is 9.33. The Bertz CT molecular complexity index is 977. The van der Waals surface area contributed by atoms with Gasteiger partial charge in [0, 0.05) is 0 Å². The van der Waals surface area contributed by atoms with E-state index >= 15 is 0 Å². The molecule has 1 aromatic rings. The summed E-state index contributed by atoms with van der Waals surface area (Å²) in [6.07, 6.45) is 6.16. The first-order valence-electron chi connectivity index (χ1n) is 12.4. The summed E-state index contributed by atoms with van der Waals surface area (Å²) in [6, 6.07) is 3.89. The number of allylic oxidation sites excluding steroid dienone is 1. The molecule has 0 amide bonds. The first-order chi connectivity index (χ1) is 15.4. The number of carbonyl (C=O) groups is 1. The molecule has 182 valence electrons. The Morgan fingerprint density at radius 2 is 1.82 bits per heavy atom. The van der Waals surface area contributed by atoms with Crippen LogP contribution in [-0.2, 0) is 21.0 Å². The number of rotatable bonds is 3. The van der Waals surface area contributed by atoms with E-state index in [9.17, 15) is 9.90 Å². The van der Waals surface area contributed by atoms with E-state index in [2.05, 4.69) is 20.8 Å². The van der Waals surface area contributed by atoms with E-state index in [0.717, 1.165) is 55.4 Å². The normalized spacial score (nSPS) is 34.0. The maximum atomic E-state index is 12.2. The molecule has 4 atom stereocenters. The molecule has 33 heavy (non-hydrogen) atoms. The van der Waals surface area contributed by atoms with E-state index in [-0.39, 0.29) is 16.8 Å². The van der Waals surface area contributed by atoms with Crippen molar-refractivity contribution in [3.05, 3.63) is 34.4 Å². The molecule has 1 aliphatic heterocycles. The van der Waals surface area contributed by atoms with Gasteiger partial charge in [0.25, 0.3) is 0 Å². The number of ether oxygens (including phenoxy) is 1. The Balaban J connectivity index is 1.78. The molecule has 5 heteroatoms. The van der Waals surface area contributed by atoms with Gasteiger partial charge in [0.1, 0.15) is 17.1 Å². The zero-order valence-electron chi connectivity index (χ0n) is 21.3. The van der Waals surface area contributed by atoms with Crippen molar-refractivity contribution in [3.63, 3.8) is 0 Å². The van der Waals surface area contributed by atoms with Crippen LogP contribution in [0.25, 0.3) is 0 Å². The van der Waals surface area contributed by atoms with Gasteiger partial charge in [-0.15, -0.1) is 0 Å². The van der Waals surface area contributed by atoms with Crippen LogP contribution >= 0.6 is 0 Å². The fraction of sp³-hybridized carbons (Fsp3) is 0.679. The van der Waals surface area contributed by atoms with E-state index in [1.807, 2.05) is 32.9 Å². The van der Waals surface area contributed by atoms with Gasteiger partial charge in [0.2, 0.25) is 0 Å². The number of methoxy groups -OCH3 is 1. The molecular weight excluding hydrogens is 416 g/mol. The van der Waals surface area contributed by atoms with E-state index < -0.39 is 5.60 Å². The van der Waals surface area contributed by atoms with Gasteiger partial charge in [-0.3, -0.25) is 4.89 Å². The molecular formula is C28H40O5. The van der Waals surface area contributed by atoms with Gasteiger partial charge in [0.15, 0.2) is 0 Å². The van der Waals surface area contributed by atoms with Crippen LogP contribution in [0, 0.1) is 29.6 Å². The number of hydrogen-bond donors (Lipinski definition) is 1. The minimum Gasteiger partial charge on any atom is -0.507 e. The quantitative estimate of drug-likeness (QED) is 0.418. The molecule has 0 aromatic heterocycles. The van der Waals surface area contributed by atoms with E-state index in [0.29, 0.717) is 24.0 Å². The molecule has 5 nitrogen and oxygen atoms in total. The number of aryl methyl sites for hydroxylation is 1. The van der Waals surface area contributed by atoms with Crippen LogP contribution in [-0.4, -0.2) is 23.8 Å². The van der Waals surface area contributed by atoms with Crippen LogP contribution in [0.2, 0.25) is 0 Å². The summed E-state index contributed by atoms with van der Waals surface area (Å²) in [5.74, 6) is 1.86. The van der Waals surface area contributed by atoms with Crippen LogP contribution in [0.1, 0.15) is 84.3 Å². The summed E-state index contributed by atoms with van der Waals surface area (Å²) in [5.41, 5.74) is 3.93. The molecule has 0 radical (unpaired) electrons. The summed E-state index contributed by atoms with van der Waals surface area (Å²) in [6.45, 7) is 13.2. The lowest BCUT2D eigenvalue weighted by atomic mass is 9.45. The highest BCUT2D eigenvalue weighted by Crippen LogP contribution is 2.64. The number of carbonyl (C=O) groups excluding carboxylic acids is 1. The minimum absolute atomic E-state index is 0.00335. The Kier molecular flexibility index (Phi) is 6.09. The zero-order valence-corrected chi connectivity index (χ0v) is 21.3. The van der Waals surface area contributed by atoms with Gasteiger partial charge in [-0.25, -0.2) is 4.79 Å². The average molecular weight is 457 g/mol. The molecule has 1 heterocycles. The van der Waals surface area contributed by atoms with Gasteiger partial charge >= 0.3 is 5.97 Å². The van der Waals surface area contributed by atoms with Gasteiger partial charge < -0.3 is 9.84 Å². The molecule has 1 saturated carbocycles. The van der Waals surface area contributed by atoms with Crippen molar-refractivity contribution in [1.29, 1.82) is 0 Å². The summed E-state index contributed by atoms with van der Waals surface area (Å²) in [5, 5.41) is 10.9. The highest BCUT2D eigenvalue weighted by molar-refractivity contribution is 5.69. The van der Waals surface area contributed by atoms with Crippen molar-refractivity contribution in [2.75, 3.05) is 7.11 Å². The van der Waals surface area contributed by atoms with Gasteiger partial charge in [-0.1, -0.05) is 26.3 Å². The lowest BCUT2D eigenvalue weighted by Crippen LogP contribution is -2.53. The molecule has 2 aliphatic carbocycles. The molecule has 1 N–H and O–H groups in total. The van der Waals surface area contributed by atoms with Crippen molar-refractivity contribution >= 4 is 5.97 Å². The zero-order chi connectivity index (χ0) is 24.2. The molecule has 0 saturated heterocycles. The molecule has 1 aromatic carbocycles. The number of benzene rings is 1. The number of phenols is 1. The maximum absolute atomic E-state index is 12.2. The SMILES string of the molecule is COc1cc(C)c(O)c(C[C@]2(C)[C@H]3CCC4=C(CCC(=O)OOC4(C)C)[C@]3(C)CC[C@@H]2C)c1. The van der Waals surface area contributed by atoms with Gasteiger partial charge in [-0.05, 0) is 111 Å². The predicted molar refractivity (Wildman–Crippen MR) is 128 cm³/mol. The minimum atomic E-state index is -0.610. The second-order valence-corrected chi connectivity index (χ2v) is 11.6. The first-order valence-corrected chi connectivity index (χ1v) is 12.4. The topological polar surface area (TPSA) is 65.0 Å². The van der Waals surface area contributed by atoms with Crippen molar-refractivity contribution < 1.29 is 24.4 Å². The van der Waals surface area contributed by atoms with Crippen molar-refractivity contribution in [2.45, 2.75) is 92.1 Å². The summed E-state index contributed by atoms with van der Waals surface area (Å²) in [4.78, 5) is 22.9. The second-order valence-electron chi connectivity index (χ2n) is 11.6. The monoisotopic (exact) mass is 456 g/mol. The molecule has 4 rings (SSSR count). The molecule has 0 unspecified atom stereocenters. The largest absolute Gasteiger partial charge is 0.507 e. The summed E-state index contributed by atoms with van der Waals surface area (Å²) >= 11 is 0. The van der Waals surface area contributed by atoms with E-state index in [4.69, 9.17) is 14.5 Å². The average Bonchev–Trinajstić information content (AvgIpc) is 2.76. The predicted octanol–water partition coefficient (Wildman–Crippen LogP) is 6.45. The lowest BCUT2D eigenvalue weighted by molar-refractivity contribution is -0.317. The number of fused-ring (bicyclic) bond motifs is 2.